The summed E-state index contributed by atoms with van der Waals surface area (Å²) in [4.78, 5) is 2.02. The van der Waals surface area contributed by atoms with Crippen LogP contribution in [0.4, 0.5) is 10.1 Å². The molecule has 4 heteroatoms. The van der Waals surface area contributed by atoms with Crippen LogP contribution in [-0.2, 0) is 0 Å². The molecule has 0 atom stereocenters. The lowest BCUT2D eigenvalue weighted by Crippen LogP contribution is -2.11. The van der Waals surface area contributed by atoms with Crippen LogP contribution in [0, 0.1) is 5.82 Å². The predicted octanol–water partition coefficient (Wildman–Crippen LogP) is 4.37. The Balaban J connectivity index is 2.09. The average Bonchev–Trinajstić information content (AvgIpc) is 2.46. The maximum atomic E-state index is 13.2. The lowest BCUT2D eigenvalue weighted by molar-refractivity contribution is 0.357. The van der Waals surface area contributed by atoms with Gasteiger partial charge < -0.3 is 9.64 Å². The highest BCUT2D eigenvalue weighted by molar-refractivity contribution is 6.32. The van der Waals surface area contributed by atoms with Crippen molar-refractivity contribution in [3.63, 3.8) is 0 Å². The molecule has 21 heavy (non-hydrogen) atoms. The van der Waals surface area contributed by atoms with Crippen LogP contribution in [0.1, 0.15) is 11.1 Å². The summed E-state index contributed by atoms with van der Waals surface area (Å²) in [6.07, 6.45) is 1.97. The summed E-state index contributed by atoms with van der Waals surface area (Å²) in [5.74, 6) is 0.485. The van der Waals surface area contributed by atoms with E-state index in [4.69, 9.17) is 16.3 Å². The Morgan fingerprint density at radius 1 is 1.10 bits per heavy atom. The van der Waals surface area contributed by atoms with E-state index < -0.39 is 0 Å². The minimum Gasteiger partial charge on any atom is -0.489 e. The zero-order chi connectivity index (χ0) is 15.0. The quantitative estimate of drug-likeness (QED) is 0.817. The van der Waals surface area contributed by atoms with Crippen molar-refractivity contribution < 1.29 is 9.13 Å². The molecule has 1 heterocycles. The standard InChI is InChI=1S/C17H15ClFNO/c1-20(2)12-4-6-15-13(7-8-21-17(15)10-12)14-5-3-11(19)9-16(14)18/h3-7,9-10H,8H2,1-2H3. The van der Waals surface area contributed by atoms with Crippen molar-refractivity contribution in [1.29, 1.82) is 0 Å². The molecule has 0 bridgehead atoms. The summed E-state index contributed by atoms with van der Waals surface area (Å²) in [6.45, 7) is 0.479. The molecule has 2 aromatic rings. The second-order valence-electron chi connectivity index (χ2n) is 5.13. The van der Waals surface area contributed by atoms with E-state index >= 15 is 0 Å². The first-order chi connectivity index (χ1) is 10.1. The summed E-state index contributed by atoms with van der Waals surface area (Å²) in [5, 5.41) is 0.408. The molecule has 0 aliphatic carbocycles. The van der Waals surface area contributed by atoms with Crippen LogP contribution in [0.5, 0.6) is 5.75 Å². The molecule has 0 amide bonds. The zero-order valence-electron chi connectivity index (χ0n) is 11.9. The van der Waals surface area contributed by atoms with Crippen molar-refractivity contribution in [3.05, 3.63) is 64.4 Å². The van der Waals surface area contributed by atoms with E-state index in [1.165, 1.54) is 12.1 Å². The molecular formula is C17H15ClFNO. The van der Waals surface area contributed by atoms with E-state index in [0.29, 0.717) is 11.6 Å². The van der Waals surface area contributed by atoms with Gasteiger partial charge in [-0.05, 0) is 42.0 Å². The smallest absolute Gasteiger partial charge is 0.129 e. The number of ether oxygens (including phenoxy) is 1. The summed E-state index contributed by atoms with van der Waals surface area (Å²) in [7, 11) is 3.97. The van der Waals surface area contributed by atoms with Crippen LogP contribution in [0.2, 0.25) is 5.02 Å². The molecule has 0 fully saturated rings. The molecule has 3 rings (SSSR count). The van der Waals surface area contributed by atoms with Gasteiger partial charge in [0.15, 0.2) is 0 Å². The predicted molar refractivity (Wildman–Crippen MR) is 84.8 cm³/mol. The topological polar surface area (TPSA) is 12.5 Å². The third kappa shape index (κ3) is 2.61. The second kappa shape index (κ2) is 5.41. The van der Waals surface area contributed by atoms with Crippen LogP contribution in [0.15, 0.2) is 42.5 Å². The summed E-state index contributed by atoms with van der Waals surface area (Å²) >= 11 is 6.18. The van der Waals surface area contributed by atoms with Crippen LogP contribution < -0.4 is 9.64 Å². The molecule has 108 valence electrons. The Labute approximate surface area is 128 Å². The average molecular weight is 304 g/mol. The van der Waals surface area contributed by atoms with Gasteiger partial charge >= 0.3 is 0 Å². The van der Waals surface area contributed by atoms with E-state index in [1.807, 2.05) is 43.3 Å². The highest BCUT2D eigenvalue weighted by atomic mass is 35.5. The number of anilines is 1. The number of nitrogens with zero attached hydrogens (tertiary/aromatic N) is 1. The molecule has 2 nitrogen and oxygen atoms in total. The van der Waals surface area contributed by atoms with Gasteiger partial charge in [0.05, 0.1) is 5.02 Å². The Morgan fingerprint density at radius 2 is 1.86 bits per heavy atom. The van der Waals surface area contributed by atoms with Gasteiger partial charge in [-0.2, -0.15) is 0 Å². The van der Waals surface area contributed by atoms with Gasteiger partial charge in [0, 0.05) is 37.0 Å². The maximum absolute atomic E-state index is 13.2. The lowest BCUT2D eigenvalue weighted by Gasteiger charge is -2.22. The maximum Gasteiger partial charge on any atom is 0.129 e. The van der Waals surface area contributed by atoms with E-state index in [9.17, 15) is 4.39 Å². The number of benzene rings is 2. The first-order valence-corrected chi connectivity index (χ1v) is 7.04. The van der Waals surface area contributed by atoms with Crippen molar-refractivity contribution >= 4 is 22.9 Å². The highest BCUT2D eigenvalue weighted by Crippen LogP contribution is 2.38. The third-order valence-electron chi connectivity index (χ3n) is 3.52. The SMILES string of the molecule is CN(C)c1ccc2c(c1)OCC=C2c1ccc(F)cc1Cl. The minimum atomic E-state index is -0.334. The van der Waals surface area contributed by atoms with Gasteiger partial charge in [-0.3, -0.25) is 0 Å². The molecule has 0 saturated heterocycles. The molecule has 2 aromatic carbocycles. The molecule has 0 N–H and O–H groups in total. The van der Waals surface area contributed by atoms with Crippen molar-refractivity contribution in [3.8, 4) is 5.75 Å². The van der Waals surface area contributed by atoms with Gasteiger partial charge in [-0.25, -0.2) is 4.39 Å². The number of hydrogen-bond acceptors (Lipinski definition) is 2. The molecular weight excluding hydrogens is 289 g/mol. The lowest BCUT2D eigenvalue weighted by atomic mass is 9.95. The van der Waals surface area contributed by atoms with Crippen molar-refractivity contribution in [2.75, 3.05) is 25.6 Å². The Kier molecular flexibility index (Phi) is 3.60. The Morgan fingerprint density at radius 3 is 2.57 bits per heavy atom. The molecule has 0 unspecified atom stereocenters. The molecule has 0 spiro atoms. The van der Waals surface area contributed by atoms with Crippen LogP contribution in [0.3, 0.4) is 0 Å². The fourth-order valence-electron chi connectivity index (χ4n) is 2.42. The van der Waals surface area contributed by atoms with Crippen LogP contribution in [-0.4, -0.2) is 20.7 Å². The van der Waals surface area contributed by atoms with E-state index in [2.05, 4.69) is 0 Å². The van der Waals surface area contributed by atoms with Crippen molar-refractivity contribution in [2.45, 2.75) is 0 Å². The fraction of sp³-hybridized carbons (Fsp3) is 0.176. The van der Waals surface area contributed by atoms with Gasteiger partial charge in [0.25, 0.3) is 0 Å². The summed E-state index contributed by atoms with van der Waals surface area (Å²) in [5.41, 5.74) is 3.84. The minimum absolute atomic E-state index is 0.334. The summed E-state index contributed by atoms with van der Waals surface area (Å²) in [6, 6.07) is 10.5. The Bertz CT molecular complexity index is 725. The van der Waals surface area contributed by atoms with Crippen LogP contribution in [0.25, 0.3) is 5.57 Å². The number of rotatable bonds is 2. The largest absolute Gasteiger partial charge is 0.489 e. The molecule has 1 aliphatic rings. The van der Waals surface area contributed by atoms with Gasteiger partial charge in [-0.15, -0.1) is 0 Å². The summed E-state index contributed by atoms with van der Waals surface area (Å²) < 4.78 is 18.9. The Hall–Kier alpha value is -2.00. The van der Waals surface area contributed by atoms with Gasteiger partial charge in [0.2, 0.25) is 0 Å². The van der Waals surface area contributed by atoms with Gasteiger partial charge in [-0.1, -0.05) is 11.6 Å². The number of fused-ring (bicyclic) bond motifs is 1. The second-order valence-corrected chi connectivity index (χ2v) is 5.54. The van der Waals surface area contributed by atoms with E-state index in [0.717, 1.165) is 28.1 Å². The molecule has 0 radical (unpaired) electrons. The third-order valence-corrected chi connectivity index (χ3v) is 3.83. The van der Waals surface area contributed by atoms with E-state index in [-0.39, 0.29) is 5.82 Å². The van der Waals surface area contributed by atoms with Crippen molar-refractivity contribution in [2.24, 2.45) is 0 Å². The first-order valence-electron chi connectivity index (χ1n) is 6.66. The van der Waals surface area contributed by atoms with Crippen LogP contribution >= 0.6 is 11.6 Å². The first kappa shape index (κ1) is 14.0. The van der Waals surface area contributed by atoms with Gasteiger partial charge in [0.1, 0.15) is 18.2 Å². The molecule has 1 aliphatic heterocycles. The molecule has 0 saturated carbocycles. The zero-order valence-corrected chi connectivity index (χ0v) is 12.6. The molecule has 0 aromatic heterocycles. The highest BCUT2D eigenvalue weighted by Gasteiger charge is 2.18. The monoisotopic (exact) mass is 303 g/mol. The fourth-order valence-corrected chi connectivity index (χ4v) is 2.69. The number of halogens is 2. The number of hydrogen-bond donors (Lipinski definition) is 0. The van der Waals surface area contributed by atoms with Crippen molar-refractivity contribution in [1.82, 2.24) is 0 Å². The van der Waals surface area contributed by atoms with E-state index in [1.54, 1.807) is 6.07 Å². The normalized spacial score (nSPS) is 13.2.